The van der Waals surface area contributed by atoms with Crippen molar-refractivity contribution < 1.29 is 14.3 Å². The number of primary amides is 1. The van der Waals surface area contributed by atoms with Gasteiger partial charge in [-0.2, -0.15) is 0 Å². The molecule has 0 saturated carbocycles. The number of hydrogen-bond acceptors (Lipinski definition) is 4. The van der Waals surface area contributed by atoms with Crippen LogP contribution in [0, 0.1) is 5.92 Å². The van der Waals surface area contributed by atoms with E-state index in [0.29, 0.717) is 23.8 Å². The van der Waals surface area contributed by atoms with Crippen molar-refractivity contribution in [3.8, 4) is 5.75 Å². The lowest BCUT2D eigenvalue weighted by molar-refractivity contribution is -0.132. The monoisotopic (exact) mass is 343 g/mol. The van der Waals surface area contributed by atoms with Crippen LogP contribution in [0.4, 0.5) is 0 Å². The minimum absolute atomic E-state index is 0. The number of halogens is 1. The van der Waals surface area contributed by atoms with Crippen LogP contribution in [0.3, 0.4) is 0 Å². The number of benzene rings is 1. The van der Waals surface area contributed by atoms with Crippen molar-refractivity contribution in [1.29, 1.82) is 0 Å². The van der Waals surface area contributed by atoms with Gasteiger partial charge in [-0.15, -0.1) is 12.4 Å². The average molecular weight is 344 g/mol. The van der Waals surface area contributed by atoms with E-state index >= 15 is 0 Å². The van der Waals surface area contributed by atoms with Crippen LogP contribution in [-0.4, -0.2) is 43.0 Å². The minimum Gasteiger partial charge on any atom is -0.484 e. The number of nitrogens with two attached hydrogens (primary N) is 2. The lowest BCUT2D eigenvalue weighted by Gasteiger charge is -2.21. The first-order valence-corrected chi connectivity index (χ1v) is 7.33. The largest absolute Gasteiger partial charge is 0.484 e. The van der Waals surface area contributed by atoms with Crippen LogP contribution in [0.1, 0.15) is 30.6 Å². The lowest BCUT2D eigenvalue weighted by Crippen LogP contribution is -2.36. The van der Waals surface area contributed by atoms with Gasteiger partial charge in [-0.3, -0.25) is 9.59 Å². The number of ether oxygens (including phenoxy) is 1. The number of carbonyl (C=O) groups excluding carboxylic acids is 2. The summed E-state index contributed by atoms with van der Waals surface area (Å²) in [6.07, 6.45) is 0.757. The van der Waals surface area contributed by atoms with E-state index in [9.17, 15) is 9.59 Å². The van der Waals surface area contributed by atoms with E-state index in [-0.39, 0.29) is 31.0 Å². The normalized spacial score (nSPS) is 11.5. The highest BCUT2D eigenvalue weighted by Crippen LogP contribution is 2.12. The highest BCUT2D eigenvalue weighted by atomic mass is 35.5. The molecule has 1 rings (SSSR count). The number of rotatable bonds is 8. The summed E-state index contributed by atoms with van der Waals surface area (Å²) in [5, 5.41) is 0. The molecule has 2 amide bonds. The fraction of sp³-hybridized carbons (Fsp3) is 0.500. The average Bonchev–Trinajstić information content (AvgIpc) is 2.49. The molecule has 0 saturated heterocycles. The highest BCUT2D eigenvalue weighted by molar-refractivity contribution is 5.92. The maximum atomic E-state index is 12.0. The maximum Gasteiger partial charge on any atom is 0.260 e. The van der Waals surface area contributed by atoms with Crippen molar-refractivity contribution in [3.05, 3.63) is 29.8 Å². The second-order valence-corrected chi connectivity index (χ2v) is 5.69. The van der Waals surface area contributed by atoms with Gasteiger partial charge in [0.05, 0.1) is 0 Å². The SMILES string of the molecule is CC(C)C(N)CCN(C)C(=O)COc1ccc(C(N)=O)cc1.Cl. The van der Waals surface area contributed by atoms with Gasteiger partial charge in [0.1, 0.15) is 5.75 Å². The van der Waals surface area contributed by atoms with Crippen LogP contribution in [-0.2, 0) is 4.79 Å². The molecule has 1 unspecified atom stereocenters. The van der Waals surface area contributed by atoms with E-state index in [1.807, 2.05) is 0 Å². The Kier molecular flexibility index (Phi) is 9.29. The van der Waals surface area contributed by atoms with E-state index in [0.717, 1.165) is 6.42 Å². The third-order valence-corrected chi connectivity index (χ3v) is 3.58. The maximum absolute atomic E-state index is 12.0. The summed E-state index contributed by atoms with van der Waals surface area (Å²) in [6, 6.07) is 6.43. The van der Waals surface area contributed by atoms with Gasteiger partial charge < -0.3 is 21.1 Å². The Bertz CT molecular complexity index is 506. The molecule has 0 aliphatic carbocycles. The van der Waals surface area contributed by atoms with Gasteiger partial charge in [-0.05, 0) is 36.6 Å². The lowest BCUT2D eigenvalue weighted by atomic mass is 10.0. The minimum atomic E-state index is -0.496. The Labute approximate surface area is 143 Å². The molecule has 130 valence electrons. The molecular formula is C16H26ClN3O3. The van der Waals surface area contributed by atoms with Crippen molar-refractivity contribution >= 4 is 24.2 Å². The predicted molar refractivity (Wildman–Crippen MR) is 92.8 cm³/mol. The van der Waals surface area contributed by atoms with Crippen molar-refractivity contribution in [2.75, 3.05) is 20.2 Å². The summed E-state index contributed by atoms with van der Waals surface area (Å²) < 4.78 is 5.40. The van der Waals surface area contributed by atoms with E-state index in [4.69, 9.17) is 16.2 Å². The highest BCUT2D eigenvalue weighted by Gasteiger charge is 2.13. The molecule has 0 bridgehead atoms. The van der Waals surface area contributed by atoms with Gasteiger partial charge in [0.15, 0.2) is 6.61 Å². The van der Waals surface area contributed by atoms with Crippen LogP contribution >= 0.6 is 12.4 Å². The second kappa shape index (κ2) is 10.1. The summed E-state index contributed by atoms with van der Waals surface area (Å²) in [5.41, 5.74) is 11.5. The number of amides is 2. The summed E-state index contributed by atoms with van der Waals surface area (Å²) in [4.78, 5) is 24.5. The first-order valence-electron chi connectivity index (χ1n) is 7.33. The third-order valence-electron chi connectivity index (χ3n) is 3.58. The number of likely N-dealkylation sites (N-methyl/N-ethyl adjacent to an activating group) is 1. The van der Waals surface area contributed by atoms with Crippen molar-refractivity contribution in [3.63, 3.8) is 0 Å². The zero-order chi connectivity index (χ0) is 16.7. The van der Waals surface area contributed by atoms with Crippen LogP contribution in [0.2, 0.25) is 0 Å². The molecule has 4 N–H and O–H groups in total. The summed E-state index contributed by atoms with van der Waals surface area (Å²) in [7, 11) is 1.73. The molecule has 23 heavy (non-hydrogen) atoms. The van der Waals surface area contributed by atoms with Gasteiger partial charge in [-0.25, -0.2) is 0 Å². The van der Waals surface area contributed by atoms with Crippen LogP contribution in [0.5, 0.6) is 5.75 Å². The van der Waals surface area contributed by atoms with E-state index in [1.165, 1.54) is 0 Å². The molecule has 7 heteroatoms. The van der Waals surface area contributed by atoms with Crippen molar-refractivity contribution in [2.45, 2.75) is 26.3 Å². The fourth-order valence-corrected chi connectivity index (χ4v) is 1.77. The summed E-state index contributed by atoms with van der Waals surface area (Å²) in [6.45, 7) is 4.67. The second-order valence-electron chi connectivity index (χ2n) is 5.69. The molecule has 0 aliphatic heterocycles. The van der Waals surface area contributed by atoms with E-state index in [1.54, 1.807) is 36.2 Å². The Morgan fingerprint density at radius 1 is 1.22 bits per heavy atom. The van der Waals surface area contributed by atoms with Crippen LogP contribution < -0.4 is 16.2 Å². The zero-order valence-electron chi connectivity index (χ0n) is 13.8. The van der Waals surface area contributed by atoms with Crippen LogP contribution in [0.15, 0.2) is 24.3 Å². The molecule has 0 aliphatic rings. The number of nitrogens with zero attached hydrogens (tertiary/aromatic N) is 1. The van der Waals surface area contributed by atoms with Gasteiger partial charge in [0.2, 0.25) is 5.91 Å². The molecule has 0 spiro atoms. The van der Waals surface area contributed by atoms with Crippen molar-refractivity contribution in [2.24, 2.45) is 17.4 Å². The quantitative estimate of drug-likeness (QED) is 0.745. The molecule has 0 fully saturated rings. The van der Waals surface area contributed by atoms with Gasteiger partial charge in [-0.1, -0.05) is 13.8 Å². The van der Waals surface area contributed by atoms with Gasteiger partial charge in [0, 0.05) is 25.2 Å². The molecule has 6 nitrogen and oxygen atoms in total. The standard InChI is InChI=1S/C16H25N3O3.ClH/c1-11(2)14(17)8-9-19(3)15(20)10-22-13-6-4-12(5-7-13)16(18)21;/h4-7,11,14H,8-10,17H2,1-3H3,(H2,18,21);1H. The summed E-state index contributed by atoms with van der Waals surface area (Å²) in [5.74, 6) is 0.299. The first kappa shape index (κ1) is 21.2. The molecular weight excluding hydrogens is 318 g/mol. The Morgan fingerprint density at radius 2 is 1.78 bits per heavy atom. The topological polar surface area (TPSA) is 98.7 Å². The molecule has 0 heterocycles. The van der Waals surface area contributed by atoms with Crippen LogP contribution in [0.25, 0.3) is 0 Å². The van der Waals surface area contributed by atoms with Gasteiger partial charge >= 0.3 is 0 Å². The molecule has 0 aromatic heterocycles. The van der Waals surface area contributed by atoms with E-state index in [2.05, 4.69) is 13.8 Å². The van der Waals surface area contributed by atoms with E-state index < -0.39 is 5.91 Å². The Hall–Kier alpha value is -1.79. The fourth-order valence-electron chi connectivity index (χ4n) is 1.77. The third kappa shape index (κ3) is 7.34. The van der Waals surface area contributed by atoms with Crippen molar-refractivity contribution in [1.82, 2.24) is 4.90 Å². The molecule has 1 aromatic rings. The summed E-state index contributed by atoms with van der Waals surface area (Å²) >= 11 is 0. The molecule has 0 radical (unpaired) electrons. The predicted octanol–water partition coefficient (Wildman–Crippen LogP) is 1.42. The zero-order valence-corrected chi connectivity index (χ0v) is 14.6. The first-order chi connectivity index (χ1) is 10.3. The Balaban J connectivity index is 0.00000484. The smallest absolute Gasteiger partial charge is 0.260 e. The number of hydrogen-bond donors (Lipinski definition) is 2. The van der Waals surface area contributed by atoms with Gasteiger partial charge in [0.25, 0.3) is 5.91 Å². The Morgan fingerprint density at radius 3 is 2.26 bits per heavy atom. The number of carbonyl (C=O) groups is 2. The molecule has 1 aromatic carbocycles. The molecule has 1 atom stereocenters.